The summed E-state index contributed by atoms with van der Waals surface area (Å²) in [6.07, 6.45) is 1.50. The van der Waals surface area contributed by atoms with Gasteiger partial charge in [-0.2, -0.15) is 0 Å². The highest BCUT2D eigenvalue weighted by Gasteiger charge is 2.40. The van der Waals surface area contributed by atoms with E-state index in [9.17, 15) is 14.4 Å². The molecular weight excluding hydrogens is 288 g/mol. The van der Waals surface area contributed by atoms with Crippen molar-refractivity contribution >= 4 is 17.8 Å². The van der Waals surface area contributed by atoms with Gasteiger partial charge in [0, 0.05) is 39.2 Å². The summed E-state index contributed by atoms with van der Waals surface area (Å²) in [6.45, 7) is 3.54. The molecule has 2 saturated heterocycles. The Labute approximate surface area is 130 Å². The fourth-order valence-corrected chi connectivity index (χ4v) is 3.21. The molecule has 2 fully saturated rings. The Bertz CT molecular complexity index is 453. The van der Waals surface area contributed by atoms with Crippen molar-refractivity contribution in [2.75, 3.05) is 33.4 Å². The second-order valence-electron chi connectivity index (χ2n) is 6.19. The van der Waals surface area contributed by atoms with Gasteiger partial charge in [0.15, 0.2) is 0 Å². The average Bonchev–Trinajstić information content (AvgIpc) is 2.85. The largest absolute Gasteiger partial charge is 0.481 e. The van der Waals surface area contributed by atoms with Crippen LogP contribution in [0.3, 0.4) is 0 Å². The summed E-state index contributed by atoms with van der Waals surface area (Å²) in [4.78, 5) is 39.1. The van der Waals surface area contributed by atoms with Gasteiger partial charge in [-0.1, -0.05) is 0 Å². The number of piperidine rings is 1. The number of aliphatic carboxylic acids is 1. The molecule has 0 spiro atoms. The van der Waals surface area contributed by atoms with E-state index in [1.54, 1.807) is 16.9 Å². The molecule has 2 amide bonds. The van der Waals surface area contributed by atoms with Crippen molar-refractivity contribution in [2.45, 2.75) is 32.2 Å². The highest BCUT2D eigenvalue weighted by Crippen LogP contribution is 2.27. The molecule has 3 unspecified atom stereocenters. The standard InChI is InChI=1S/C15H24N2O5/c1-10-3-4-11(15(20)21)9-17(10)14(19)12-7-13(18)16(8-12)5-6-22-2/h10-12H,3-9H2,1-2H3,(H,20,21). The van der Waals surface area contributed by atoms with Gasteiger partial charge in [-0.25, -0.2) is 0 Å². The zero-order valence-corrected chi connectivity index (χ0v) is 13.2. The Kier molecular flexibility index (Phi) is 5.39. The first-order valence-corrected chi connectivity index (χ1v) is 7.74. The van der Waals surface area contributed by atoms with Crippen LogP contribution in [-0.4, -0.2) is 72.1 Å². The quantitative estimate of drug-likeness (QED) is 0.783. The maximum Gasteiger partial charge on any atom is 0.308 e. The molecule has 0 aliphatic carbocycles. The lowest BCUT2D eigenvalue weighted by Crippen LogP contribution is -2.49. The summed E-state index contributed by atoms with van der Waals surface area (Å²) >= 11 is 0. The van der Waals surface area contributed by atoms with Crippen molar-refractivity contribution in [3.05, 3.63) is 0 Å². The smallest absolute Gasteiger partial charge is 0.308 e. The highest BCUT2D eigenvalue weighted by molar-refractivity contribution is 5.89. The molecule has 0 radical (unpaired) electrons. The van der Waals surface area contributed by atoms with Crippen LogP contribution in [-0.2, 0) is 19.1 Å². The molecule has 2 aliphatic rings. The number of carbonyl (C=O) groups excluding carboxylic acids is 2. The van der Waals surface area contributed by atoms with Gasteiger partial charge in [-0.05, 0) is 19.8 Å². The minimum atomic E-state index is -0.853. The van der Waals surface area contributed by atoms with E-state index in [4.69, 9.17) is 9.84 Å². The molecule has 7 heteroatoms. The van der Waals surface area contributed by atoms with Gasteiger partial charge in [0.05, 0.1) is 18.4 Å². The summed E-state index contributed by atoms with van der Waals surface area (Å²) in [5.74, 6) is -1.84. The first-order valence-electron chi connectivity index (χ1n) is 7.74. The van der Waals surface area contributed by atoms with E-state index >= 15 is 0 Å². The molecular formula is C15H24N2O5. The van der Waals surface area contributed by atoms with E-state index < -0.39 is 11.9 Å². The molecule has 1 N–H and O–H groups in total. The zero-order valence-electron chi connectivity index (χ0n) is 13.2. The molecule has 0 bridgehead atoms. The Morgan fingerprint density at radius 1 is 1.27 bits per heavy atom. The Hall–Kier alpha value is -1.63. The SMILES string of the molecule is COCCN1CC(C(=O)N2CC(C(=O)O)CCC2C)CC1=O. The summed E-state index contributed by atoms with van der Waals surface area (Å²) in [6, 6.07) is 0.0335. The van der Waals surface area contributed by atoms with Gasteiger partial charge in [0.1, 0.15) is 0 Å². The van der Waals surface area contributed by atoms with Crippen LogP contribution in [0.2, 0.25) is 0 Å². The summed E-state index contributed by atoms with van der Waals surface area (Å²) in [5, 5.41) is 9.16. The Balaban J connectivity index is 1.98. The number of rotatable bonds is 5. The Morgan fingerprint density at radius 2 is 2.00 bits per heavy atom. The number of nitrogens with zero attached hydrogens (tertiary/aromatic N) is 2. The van der Waals surface area contributed by atoms with E-state index in [2.05, 4.69) is 0 Å². The predicted octanol–water partition coefficient (Wildman–Crippen LogP) is 0.193. The van der Waals surface area contributed by atoms with Gasteiger partial charge in [-0.3, -0.25) is 14.4 Å². The number of amides is 2. The van der Waals surface area contributed by atoms with Crippen molar-refractivity contribution in [3.63, 3.8) is 0 Å². The first-order chi connectivity index (χ1) is 10.4. The van der Waals surface area contributed by atoms with Gasteiger partial charge < -0.3 is 19.6 Å². The normalized spacial score (nSPS) is 29.0. The maximum absolute atomic E-state index is 12.7. The van der Waals surface area contributed by atoms with Crippen molar-refractivity contribution in [1.29, 1.82) is 0 Å². The second kappa shape index (κ2) is 7.09. The molecule has 2 aliphatic heterocycles. The van der Waals surface area contributed by atoms with Crippen molar-refractivity contribution < 1.29 is 24.2 Å². The number of carboxylic acid groups (broad SMARTS) is 1. The van der Waals surface area contributed by atoms with Crippen molar-refractivity contribution in [1.82, 2.24) is 9.80 Å². The summed E-state index contributed by atoms with van der Waals surface area (Å²) in [7, 11) is 1.57. The third-order valence-electron chi connectivity index (χ3n) is 4.64. The molecule has 0 aromatic heterocycles. The summed E-state index contributed by atoms with van der Waals surface area (Å²) < 4.78 is 4.97. The van der Waals surface area contributed by atoms with E-state index in [1.165, 1.54) is 0 Å². The van der Waals surface area contributed by atoms with Crippen LogP contribution in [0.15, 0.2) is 0 Å². The van der Waals surface area contributed by atoms with E-state index in [-0.39, 0.29) is 36.7 Å². The fourth-order valence-electron chi connectivity index (χ4n) is 3.21. The lowest BCUT2D eigenvalue weighted by atomic mass is 9.92. The average molecular weight is 312 g/mol. The van der Waals surface area contributed by atoms with Crippen molar-refractivity contribution in [3.8, 4) is 0 Å². The molecule has 0 aromatic rings. The van der Waals surface area contributed by atoms with Gasteiger partial charge in [0.2, 0.25) is 11.8 Å². The number of carbonyl (C=O) groups is 3. The molecule has 7 nitrogen and oxygen atoms in total. The number of ether oxygens (including phenoxy) is 1. The second-order valence-corrected chi connectivity index (χ2v) is 6.19. The minimum Gasteiger partial charge on any atom is -0.481 e. The third kappa shape index (κ3) is 3.58. The van der Waals surface area contributed by atoms with Crippen molar-refractivity contribution in [2.24, 2.45) is 11.8 Å². The molecule has 3 atom stereocenters. The van der Waals surface area contributed by atoms with Gasteiger partial charge in [-0.15, -0.1) is 0 Å². The molecule has 2 rings (SSSR count). The first kappa shape index (κ1) is 16.7. The predicted molar refractivity (Wildman–Crippen MR) is 78.1 cm³/mol. The monoisotopic (exact) mass is 312 g/mol. The van der Waals surface area contributed by atoms with E-state index in [0.717, 1.165) is 0 Å². The number of carboxylic acids is 1. The molecule has 2 heterocycles. The molecule has 22 heavy (non-hydrogen) atoms. The number of likely N-dealkylation sites (tertiary alicyclic amines) is 2. The topological polar surface area (TPSA) is 87.2 Å². The highest BCUT2D eigenvalue weighted by atomic mass is 16.5. The zero-order chi connectivity index (χ0) is 16.3. The fraction of sp³-hybridized carbons (Fsp3) is 0.800. The van der Waals surface area contributed by atoms with Crippen LogP contribution in [0, 0.1) is 11.8 Å². The van der Waals surface area contributed by atoms with Crippen LogP contribution in [0.25, 0.3) is 0 Å². The number of methoxy groups -OCH3 is 1. The molecule has 124 valence electrons. The molecule has 0 aromatic carbocycles. The third-order valence-corrected chi connectivity index (χ3v) is 4.64. The lowest BCUT2D eigenvalue weighted by molar-refractivity contribution is -0.148. The van der Waals surface area contributed by atoms with Gasteiger partial charge >= 0.3 is 5.97 Å². The summed E-state index contributed by atoms with van der Waals surface area (Å²) in [5.41, 5.74) is 0. The van der Waals surface area contributed by atoms with Gasteiger partial charge in [0.25, 0.3) is 0 Å². The number of hydrogen-bond donors (Lipinski definition) is 1. The van der Waals surface area contributed by atoms with Crippen LogP contribution in [0.1, 0.15) is 26.2 Å². The van der Waals surface area contributed by atoms with E-state index in [0.29, 0.717) is 32.5 Å². The Morgan fingerprint density at radius 3 is 2.64 bits per heavy atom. The van der Waals surface area contributed by atoms with Crippen LogP contribution >= 0.6 is 0 Å². The lowest BCUT2D eigenvalue weighted by Gasteiger charge is -2.37. The minimum absolute atomic E-state index is 0.0325. The van der Waals surface area contributed by atoms with Crippen LogP contribution in [0.4, 0.5) is 0 Å². The molecule has 0 saturated carbocycles. The number of hydrogen-bond acceptors (Lipinski definition) is 4. The van der Waals surface area contributed by atoms with E-state index in [1.807, 2.05) is 6.92 Å². The van der Waals surface area contributed by atoms with Crippen LogP contribution in [0.5, 0.6) is 0 Å². The van der Waals surface area contributed by atoms with Crippen LogP contribution < -0.4 is 0 Å². The maximum atomic E-state index is 12.7.